The summed E-state index contributed by atoms with van der Waals surface area (Å²) in [4.78, 5) is 84.3. The zero-order chi connectivity index (χ0) is 50.5. The summed E-state index contributed by atoms with van der Waals surface area (Å²) in [7, 11) is 1.81. The molecule has 372 valence electrons. The van der Waals surface area contributed by atoms with E-state index < -0.39 is 47.1 Å². The summed E-state index contributed by atoms with van der Waals surface area (Å²) >= 11 is 0. The summed E-state index contributed by atoms with van der Waals surface area (Å²) in [6.07, 6.45) is 3.24. The maximum atomic E-state index is 16.6. The van der Waals surface area contributed by atoms with Crippen LogP contribution in [0.25, 0.3) is 32.8 Å². The smallest absolute Gasteiger partial charge is 0.355 e. The van der Waals surface area contributed by atoms with Gasteiger partial charge in [-0.15, -0.1) is 0 Å². The van der Waals surface area contributed by atoms with Crippen LogP contribution < -0.4 is 10.1 Å². The number of carbonyl (C=O) groups excluding carboxylic acids is 6. The van der Waals surface area contributed by atoms with Crippen LogP contribution in [0.15, 0.2) is 71.5 Å². The first-order valence-corrected chi connectivity index (χ1v) is 24.1. The number of piperazine rings is 1. The van der Waals surface area contributed by atoms with Crippen LogP contribution in [0.3, 0.4) is 0 Å². The van der Waals surface area contributed by atoms with E-state index in [4.69, 9.17) is 14.2 Å². The molecule has 0 spiro atoms. The van der Waals surface area contributed by atoms with Gasteiger partial charge in [-0.05, 0) is 120 Å². The summed E-state index contributed by atoms with van der Waals surface area (Å²) < 4.78 is 52.5. The molecular weight excluding hydrogens is 917 g/mol. The lowest BCUT2D eigenvalue weighted by Gasteiger charge is -2.35. The van der Waals surface area contributed by atoms with Gasteiger partial charge in [-0.1, -0.05) is 12.1 Å². The SMILES string of the molecule is Cc1nn(C)c(C)c1-c1c(F)ccc2c(CCCOc3cccc4cc(F)ccc34)c(C(=O)OC(C)(C)C)n(CCN3CCN(C(=O)COC4=CCCC5=C4C(=O)N(C4CCC(=O)NC4=O)C5=O)CC3)c12. The number of benzene rings is 3. The van der Waals surface area contributed by atoms with Crippen LogP contribution in [0.4, 0.5) is 8.78 Å². The number of rotatable bonds is 14. The van der Waals surface area contributed by atoms with Crippen LogP contribution in [0, 0.1) is 25.5 Å². The van der Waals surface area contributed by atoms with Gasteiger partial charge in [0.05, 0.1) is 23.4 Å². The number of allylic oxidation sites excluding steroid dienone is 1. The Balaban J connectivity index is 0.931. The molecule has 4 aliphatic rings. The number of nitrogens with one attached hydrogen (secondary N) is 1. The average Bonchev–Trinajstić information content (AvgIpc) is 3.88. The van der Waals surface area contributed by atoms with Gasteiger partial charge in [0.1, 0.15) is 40.5 Å². The van der Waals surface area contributed by atoms with Crippen molar-refractivity contribution in [1.82, 2.24) is 34.4 Å². The number of halogens is 2. The fourth-order valence-electron chi connectivity index (χ4n) is 10.2. The minimum atomic E-state index is -1.11. The molecule has 16 nitrogen and oxygen atoms in total. The van der Waals surface area contributed by atoms with Crippen molar-refractivity contribution in [3.8, 4) is 16.9 Å². The second-order valence-corrected chi connectivity index (χ2v) is 19.5. The Morgan fingerprint density at radius 1 is 0.887 bits per heavy atom. The molecule has 1 atom stereocenters. The molecule has 9 rings (SSSR count). The number of aromatic nitrogens is 3. The number of ether oxygens (including phenoxy) is 3. The summed E-state index contributed by atoms with van der Waals surface area (Å²) in [5, 5.41) is 9.01. The Kier molecular flexibility index (Phi) is 13.4. The van der Waals surface area contributed by atoms with Crippen molar-refractivity contribution in [2.45, 2.75) is 91.3 Å². The Labute approximate surface area is 409 Å². The molecule has 2 aromatic heterocycles. The zero-order valence-corrected chi connectivity index (χ0v) is 40.8. The lowest BCUT2D eigenvalue weighted by molar-refractivity contribution is -0.150. The van der Waals surface area contributed by atoms with Crippen LogP contribution in [-0.2, 0) is 53.5 Å². The van der Waals surface area contributed by atoms with E-state index >= 15 is 4.39 Å². The maximum Gasteiger partial charge on any atom is 0.355 e. The van der Waals surface area contributed by atoms with Gasteiger partial charge >= 0.3 is 5.97 Å². The number of esters is 1. The molecule has 1 aliphatic carbocycles. The summed E-state index contributed by atoms with van der Waals surface area (Å²) in [6.45, 7) is 11.4. The molecule has 5 heterocycles. The van der Waals surface area contributed by atoms with Crippen LogP contribution in [-0.4, -0.2) is 122 Å². The molecule has 3 aromatic carbocycles. The van der Waals surface area contributed by atoms with E-state index in [9.17, 15) is 33.2 Å². The largest absolute Gasteiger partial charge is 0.493 e. The Bertz CT molecular complexity index is 3100. The number of amides is 5. The molecule has 2 saturated heterocycles. The molecule has 3 aliphatic heterocycles. The van der Waals surface area contributed by atoms with E-state index in [0.29, 0.717) is 102 Å². The van der Waals surface area contributed by atoms with Crippen molar-refractivity contribution in [2.75, 3.05) is 45.9 Å². The van der Waals surface area contributed by atoms with Crippen molar-refractivity contribution in [1.29, 1.82) is 0 Å². The Morgan fingerprint density at radius 2 is 1.65 bits per heavy atom. The maximum absolute atomic E-state index is 16.6. The lowest BCUT2D eigenvalue weighted by Crippen LogP contribution is -2.54. The third-order valence-electron chi connectivity index (χ3n) is 13.7. The van der Waals surface area contributed by atoms with Crippen molar-refractivity contribution in [3.05, 3.63) is 106 Å². The molecule has 0 bridgehead atoms. The van der Waals surface area contributed by atoms with E-state index in [1.165, 1.54) is 18.2 Å². The summed E-state index contributed by atoms with van der Waals surface area (Å²) in [6, 6.07) is 12.1. The highest BCUT2D eigenvalue weighted by Crippen LogP contribution is 2.41. The summed E-state index contributed by atoms with van der Waals surface area (Å²) in [5.41, 5.74) is 3.31. The number of hydrogen-bond acceptors (Lipinski definition) is 11. The molecule has 18 heteroatoms. The van der Waals surface area contributed by atoms with Gasteiger partial charge in [0.25, 0.3) is 17.7 Å². The number of imide groups is 2. The first-order valence-electron chi connectivity index (χ1n) is 24.1. The van der Waals surface area contributed by atoms with Crippen LogP contribution in [0.2, 0.25) is 0 Å². The molecule has 1 N–H and O–H groups in total. The molecule has 5 amide bonds. The topological polar surface area (TPSA) is 175 Å². The molecule has 2 fully saturated rings. The summed E-state index contributed by atoms with van der Waals surface area (Å²) in [5.74, 6) is -3.39. The Hall–Kier alpha value is -7.21. The van der Waals surface area contributed by atoms with Crippen LogP contribution in [0.1, 0.15) is 80.3 Å². The molecule has 1 unspecified atom stereocenters. The van der Waals surface area contributed by atoms with E-state index in [1.807, 2.05) is 43.7 Å². The lowest BCUT2D eigenvalue weighted by atomic mass is 9.98. The van der Waals surface area contributed by atoms with Crippen molar-refractivity contribution in [3.63, 3.8) is 0 Å². The monoisotopic (exact) mass is 973 g/mol. The quantitative estimate of drug-likeness (QED) is 0.0745. The minimum absolute atomic E-state index is 0.0000588. The van der Waals surface area contributed by atoms with Crippen molar-refractivity contribution >= 4 is 57.2 Å². The molecule has 0 radical (unpaired) electrons. The minimum Gasteiger partial charge on any atom is -0.493 e. The van der Waals surface area contributed by atoms with Gasteiger partial charge in [0, 0.05) is 85.9 Å². The highest BCUT2D eigenvalue weighted by atomic mass is 19.1. The average molecular weight is 974 g/mol. The number of piperidine rings is 1. The van der Waals surface area contributed by atoms with Gasteiger partial charge in [-0.2, -0.15) is 5.10 Å². The normalized spacial score (nSPS) is 17.9. The van der Waals surface area contributed by atoms with Gasteiger partial charge in [-0.25, -0.2) is 13.6 Å². The van der Waals surface area contributed by atoms with Crippen molar-refractivity contribution in [2.24, 2.45) is 7.05 Å². The van der Waals surface area contributed by atoms with Gasteiger partial charge < -0.3 is 23.7 Å². The third-order valence-corrected chi connectivity index (χ3v) is 13.7. The number of aryl methyl sites for hydroxylation is 3. The van der Waals surface area contributed by atoms with Gasteiger partial charge in [0.15, 0.2) is 6.61 Å². The predicted octanol–water partition coefficient (Wildman–Crippen LogP) is 6.37. The van der Waals surface area contributed by atoms with E-state index in [-0.39, 0.29) is 67.7 Å². The Morgan fingerprint density at radius 3 is 2.37 bits per heavy atom. The number of hydrogen-bond donors (Lipinski definition) is 1. The highest BCUT2D eigenvalue weighted by Gasteiger charge is 2.48. The van der Waals surface area contributed by atoms with Crippen LogP contribution in [0.5, 0.6) is 5.75 Å². The fourth-order valence-corrected chi connectivity index (χ4v) is 10.2. The molecule has 71 heavy (non-hydrogen) atoms. The number of nitrogens with zero attached hydrogens (tertiary/aromatic N) is 6. The first-order chi connectivity index (χ1) is 33.9. The van der Waals surface area contributed by atoms with E-state index in [0.717, 1.165) is 16.0 Å². The molecule has 5 aromatic rings. The van der Waals surface area contributed by atoms with Crippen LogP contribution >= 0.6 is 0 Å². The fraction of sp³-hybridized carbons (Fsp3) is 0.415. The predicted molar refractivity (Wildman–Crippen MR) is 258 cm³/mol. The third kappa shape index (κ3) is 9.56. The standard InChI is InChI=1S/C53H57F2N7O9/c1-30-44(31(2)58(6)57-30)46-38(55)18-17-36-35(12-9-27-69-40-13-7-10-32-28-33(54)15-16-34(32)40)48(52(68)71-53(3,4)5)61(47(36)46)26-23-59-21-24-60(25-22-59)43(64)29-70-41-14-8-11-37-45(41)51(67)62(50(37)66)39-19-20-42(63)56-49(39)65/h7,10,13-18,28,39H,8-9,11-12,19-27,29H2,1-6H3,(H,56,63,65). The second kappa shape index (κ2) is 19.5. The van der Waals surface area contributed by atoms with E-state index in [2.05, 4.69) is 15.3 Å². The van der Waals surface area contributed by atoms with E-state index in [1.54, 1.807) is 48.6 Å². The number of carbonyl (C=O) groups is 6. The first kappa shape index (κ1) is 48.8. The molecular formula is C53H57F2N7O9. The van der Waals surface area contributed by atoms with Gasteiger partial charge in [0.2, 0.25) is 11.8 Å². The molecule has 0 saturated carbocycles. The highest BCUT2D eigenvalue weighted by molar-refractivity contribution is 6.23. The second-order valence-electron chi connectivity index (χ2n) is 19.5. The number of fused-ring (bicyclic) bond motifs is 2. The van der Waals surface area contributed by atoms with Gasteiger partial charge in [-0.3, -0.25) is 43.8 Å². The van der Waals surface area contributed by atoms with Crippen molar-refractivity contribution < 1.29 is 51.8 Å². The zero-order valence-electron chi connectivity index (χ0n) is 40.8.